The van der Waals surface area contributed by atoms with Crippen molar-refractivity contribution >= 4 is 19.7 Å². The molecule has 1 heterocycles. The predicted octanol–water partition coefficient (Wildman–Crippen LogP) is 0.404. The minimum absolute atomic E-state index is 0.225. The van der Waals surface area contributed by atoms with E-state index >= 15 is 0 Å². The van der Waals surface area contributed by atoms with Gasteiger partial charge in [-0.3, -0.25) is 4.98 Å². The van der Waals surface area contributed by atoms with E-state index in [-0.39, 0.29) is 5.03 Å². The van der Waals surface area contributed by atoms with Crippen LogP contribution in [0, 0.1) is 0 Å². The van der Waals surface area contributed by atoms with Gasteiger partial charge in [-0.1, -0.05) is 0 Å². The Bertz CT molecular complexity index is 309. The van der Waals surface area contributed by atoms with E-state index in [1.165, 1.54) is 12.4 Å². The van der Waals surface area contributed by atoms with Gasteiger partial charge in [0.2, 0.25) is 0 Å². The number of aromatic nitrogens is 2. The molecule has 6 heteroatoms. The molecule has 0 aromatic carbocycles. The molecule has 0 aliphatic rings. The first-order valence-electron chi connectivity index (χ1n) is 2.31. The summed E-state index contributed by atoms with van der Waals surface area (Å²) in [6.07, 6.45) is 3.71. The average Bonchev–Trinajstić information content (AvgIpc) is 1.88. The summed E-state index contributed by atoms with van der Waals surface area (Å²) < 4.78 is 21.0. The van der Waals surface area contributed by atoms with E-state index in [0.717, 1.165) is 6.20 Å². The van der Waals surface area contributed by atoms with Gasteiger partial charge in [0, 0.05) is 23.1 Å². The van der Waals surface area contributed by atoms with Gasteiger partial charge < -0.3 is 0 Å². The number of hydrogen-bond donors (Lipinski definition) is 0. The number of nitrogens with zero attached hydrogens (tertiary/aromatic N) is 2. The van der Waals surface area contributed by atoms with Crippen LogP contribution in [0.2, 0.25) is 0 Å². The van der Waals surface area contributed by atoms with Gasteiger partial charge in [0.15, 0.2) is 5.03 Å². The highest BCUT2D eigenvalue weighted by molar-refractivity contribution is 8.13. The van der Waals surface area contributed by atoms with Gasteiger partial charge in [0.05, 0.1) is 6.20 Å². The smallest absolute Gasteiger partial charge is 0.260 e. The average molecular weight is 179 g/mol. The highest BCUT2D eigenvalue weighted by atomic mass is 35.7. The molecule has 0 spiro atoms. The zero-order chi connectivity index (χ0) is 7.61. The number of halogens is 1. The first kappa shape index (κ1) is 7.43. The molecule has 1 aromatic heterocycles. The molecule has 4 nitrogen and oxygen atoms in total. The molecule has 0 fully saturated rings. The zero-order valence-corrected chi connectivity index (χ0v) is 6.30. The van der Waals surface area contributed by atoms with Crippen molar-refractivity contribution in [3.8, 4) is 0 Å². The van der Waals surface area contributed by atoms with E-state index in [2.05, 4.69) is 9.97 Å². The van der Waals surface area contributed by atoms with Crippen molar-refractivity contribution in [2.24, 2.45) is 0 Å². The van der Waals surface area contributed by atoms with Crippen LogP contribution < -0.4 is 0 Å². The van der Waals surface area contributed by atoms with Crippen molar-refractivity contribution in [3.05, 3.63) is 18.6 Å². The molecule has 10 heavy (non-hydrogen) atoms. The van der Waals surface area contributed by atoms with E-state index in [1.807, 2.05) is 0 Å². The summed E-state index contributed by atoms with van der Waals surface area (Å²) in [5.74, 6) is 0. The molecule has 0 amide bonds. The van der Waals surface area contributed by atoms with Crippen molar-refractivity contribution in [2.45, 2.75) is 5.03 Å². The molecule has 0 unspecified atom stereocenters. The molecule has 0 aliphatic carbocycles. The predicted molar refractivity (Wildman–Crippen MR) is 35.1 cm³/mol. The Balaban J connectivity index is 3.22. The van der Waals surface area contributed by atoms with Gasteiger partial charge >= 0.3 is 0 Å². The molecule has 0 aliphatic heterocycles. The molecule has 0 saturated carbocycles. The van der Waals surface area contributed by atoms with Crippen LogP contribution >= 0.6 is 10.7 Å². The SMILES string of the molecule is O=S(=O)(Cl)c1cnccn1. The molecule has 1 rings (SSSR count). The Kier molecular flexibility index (Phi) is 1.87. The monoisotopic (exact) mass is 178 g/mol. The molecule has 0 atom stereocenters. The Morgan fingerprint density at radius 3 is 2.40 bits per heavy atom. The van der Waals surface area contributed by atoms with Crippen LogP contribution in [-0.2, 0) is 9.05 Å². The fourth-order valence-corrected chi connectivity index (χ4v) is 1.02. The van der Waals surface area contributed by atoms with Crippen LogP contribution in [0.1, 0.15) is 0 Å². The summed E-state index contributed by atoms with van der Waals surface area (Å²) in [6, 6.07) is 0. The minimum atomic E-state index is -3.70. The third kappa shape index (κ3) is 1.65. The normalized spacial score (nSPS) is 11.3. The lowest BCUT2D eigenvalue weighted by molar-refractivity contribution is 0.605. The van der Waals surface area contributed by atoms with Crippen molar-refractivity contribution < 1.29 is 8.42 Å². The maximum absolute atomic E-state index is 10.5. The lowest BCUT2D eigenvalue weighted by atomic mass is 10.8. The van der Waals surface area contributed by atoms with Crippen LogP contribution in [0.15, 0.2) is 23.6 Å². The minimum Gasteiger partial charge on any atom is -0.260 e. The molecule has 0 saturated heterocycles. The van der Waals surface area contributed by atoms with E-state index in [9.17, 15) is 8.42 Å². The number of rotatable bonds is 1. The van der Waals surface area contributed by atoms with Crippen LogP contribution in [0.5, 0.6) is 0 Å². The molecule has 1 aromatic rings. The summed E-state index contributed by atoms with van der Waals surface area (Å²) in [4.78, 5) is 6.99. The second kappa shape index (κ2) is 2.51. The highest BCUT2D eigenvalue weighted by Crippen LogP contribution is 2.07. The maximum atomic E-state index is 10.5. The van der Waals surface area contributed by atoms with E-state index in [1.54, 1.807) is 0 Å². The summed E-state index contributed by atoms with van der Waals surface area (Å²) >= 11 is 0. The third-order valence-electron chi connectivity index (χ3n) is 0.789. The van der Waals surface area contributed by atoms with Gasteiger partial charge in [-0.15, -0.1) is 0 Å². The highest BCUT2D eigenvalue weighted by Gasteiger charge is 2.09. The van der Waals surface area contributed by atoms with Gasteiger partial charge in [-0.05, 0) is 0 Å². The maximum Gasteiger partial charge on any atom is 0.280 e. The topological polar surface area (TPSA) is 59.9 Å². The fourth-order valence-electron chi connectivity index (χ4n) is 0.411. The molecule has 0 N–H and O–H groups in total. The summed E-state index contributed by atoms with van der Waals surface area (Å²) in [5, 5.41) is -0.225. The van der Waals surface area contributed by atoms with Crippen LogP contribution in [0.4, 0.5) is 0 Å². The molecule has 54 valence electrons. The van der Waals surface area contributed by atoms with Gasteiger partial charge in [-0.25, -0.2) is 13.4 Å². The van der Waals surface area contributed by atoms with Crippen molar-refractivity contribution in [3.63, 3.8) is 0 Å². The van der Waals surface area contributed by atoms with Gasteiger partial charge in [0.25, 0.3) is 9.05 Å². The van der Waals surface area contributed by atoms with E-state index in [0.29, 0.717) is 0 Å². The largest absolute Gasteiger partial charge is 0.280 e. The first-order valence-corrected chi connectivity index (χ1v) is 4.62. The second-order valence-corrected chi connectivity index (χ2v) is 3.99. The third-order valence-corrected chi connectivity index (χ3v) is 1.97. The summed E-state index contributed by atoms with van der Waals surface area (Å²) in [5.41, 5.74) is 0. The lowest BCUT2D eigenvalue weighted by Gasteiger charge is -1.89. The first-order chi connectivity index (χ1) is 4.61. The van der Waals surface area contributed by atoms with Crippen LogP contribution in [0.25, 0.3) is 0 Å². The molecular weight excluding hydrogens is 176 g/mol. The zero-order valence-electron chi connectivity index (χ0n) is 4.73. The van der Waals surface area contributed by atoms with Crippen LogP contribution in [-0.4, -0.2) is 18.4 Å². The van der Waals surface area contributed by atoms with Crippen LogP contribution in [0.3, 0.4) is 0 Å². The second-order valence-electron chi connectivity index (χ2n) is 1.48. The van der Waals surface area contributed by atoms with Crippen molar-refractivity contribution in [1.82, 2.24) is 9.97 Å². The Morgan fingerprint density at radius 2 is 2.10 bits per heavy atom. The summed E-state index contributed by atoms with van der Waals surface area (Å²) in [7, 11) is 1.22. The molecule has 0 radical (unpaired) electrons. The van der Waals surface area contributed by atoms with Gasteiger partial charge in [0.1, 0.15) is 0 Å². The fraction of sp³-hybridized carbons (Fsp3) is 0. The standard InChI is InChI=1S/C4H3ClN2O2S/c5-10(8,9)4-3-6-1-2-7-4/h1-3H. The van der Waals surface area contributed by atoms with E-state index < -0.39 is 9.05 Å². The Hall–Kier alpha value is -0.680. The van der Waals surface area contributed by atoms with Crippen molar-refractivity contribution in [1.29, 1.82) is 0 Å². The Morgan fingerprint density at radius 1 is 1.40 bits per heavy atom. The lowest BCUT2D eigenvalue weighted by Crippen LogP contribution is -1.93. The summed E-state index contributed by atoms with van der Waals surface area (Å²) in [6.45, 7) is 0. The Labute approximate surface area is 62.3 Å². The van der Waals surface area contributed by atoms with E-state index in [4.69, 9.17) is 10.7 Å². The molecular formula is C4H3ClN2O2S. The quantitative estimate of drug-likeness (QED) is 0.585. The van der Waals surface area contributed by atoms with Gasteiger partial charge in [-0.2, -0.15) is 0 Å². The molecule has 0 bridgehead atoms. The number of hydrogen-bond acceptors (Lipinski definition) is 4. The van der Waals surface area contributed by atoms with Crippen molar-refractivity contribution in [2.75, 3.05) is 0 Å².